The van der Waals surface area contributed by atoms with Crippen molar-refractivity contribution < 1.29 is 39.8 Å². The van der Waals surface area contributed by atoms with E-state index in [0.717, 1.165) is 44.9 Å². The summed E-state index contributed by atoms with van der Waals surface area (Å²) in [4.78, 5) is 13.0. The first-order chi connectivity index (χ1) is 28.3. The van der Waals surface area contributed by atoms with Gasteiger partial charge >= 0.3 is 0 Å². The molecule has 1 rings (SSSR count). The van der Waals surface area contributed by atoms with Gasteiger partial charge in [-0.3, -0.25) is 4.79 Å². The molecule has 1 fully saturated rings. The van der Waals surface area contributed by atoms with E-state index in [1.807, 2.05) is 0 Å². The van der Waals surface area contributed by atoms with Gasteiger partial charge in [0.2, 0.25) is 5.91 Å². The van der Waals surface area contributed by atoms with E-state index in [2.05, 4.69) is 31.3 Å². The number of unbranched alkanes of at least 4 members (excludes halogenated alkanes) is 30. The zero-order valence-corrected chi connectivity index (χ0v) is 37.8. The van der Waals surface area contributed by atoms with E-state index in [9.17, 15) is 30.3 Å². The second kappa shape index (κ2) is 40.0. The van der Waals surface area contributed by atoms with E-state index in [1.54, 1.807) is 0 Å². The Kier molecular flexibility index (Phi) is 37.9. The van der Waals surface area contributed by atoms with Crippen molar-refractivity contribution in [2.75, 3.05) is 13.2 Å². The number of rotatable bonds is 42. The van der Waals surface area contributed by atoms with Crippen molar-refractivity contribution in [2.45, 2.75) is 281 Å². The van der Waals surface area contributed by atoms with Crippen molar-refractivity contribution in [2.24, 2.45) is 0 Å². The number of carbonyl (C=O) groups is 1. The molecule has 0 aromatic heterocycles. The molecule has 2 unspecified atom stereocenters. The zero-order valence-electron chi connectivity index (χ0n) is 37.8. The van der Waals surface area contributed by atoms with Gasteiger partial charge in [-0.05, 0) is 38.5 Å². The highest BCUT2D eigenvalue weighted by Gasteiger charge is 2.44. The van der Waals surface area contributed by atoms with E-state index in [1.165, 1.54) is 167 Å². The standard InChI is InChI=1S/C49H95NO8/c1-3-5-7-9-11-13-15-17-18-19-20-21-22-23-24-25-26-27-29-31-33-35-37-39-45(53)50-42(41-57-49-48(56)47(55)46(54)44(40-51)58-49)43(52)38-36-34-32-30-28-16-14-12-10-8-6-4-2/h28,30,42-44,46-49,51-52,54-56H,3-27,29,31-41H2,1-2H3,(H,50,53)/b30-28+/t42-,43+,44-,46-,47?,48?,49-/m0/s1. The molecule has 0 spiro atoms. The highest BCUT2D eigenvalue weighted by molar-refractivity contribution is 5.76. The summed E-state index contributed by atoms with van der Waals surface area (Å²) in [5, 5.41) is 54.3. The summed E-state index contributed by atoms with van der Waals surface area (Å²) in [5.74, 6) is -0.150. The Morgan fingerprint density at radius 1 is 0.569 bits per heavy atom. The summed E-state index contributed by atoms with van der Waals surface area (Å²) < 4.78 is 11.2. The van der Waals surface area contributed by atoms with Gasteiger partial charge in [-0.1, -0.05) is 206 Å². The molecule has 0 saturated carbocycles. The third kappa shape index (κ3) is 30.0. The van der Waals surface area contributed by atoms with Crippen LogP contribution in [0.5, 0.6) is 0 Å². The van der Waals surface area contributed by atoms with E-state index in [0.29, 0.717) is 12.8 Å². The maximum atomic E-state index is 13.0. The number of allylic oxidation sites excluding steroid dienone is 2. The highest BCUT2D eigenvalue weighted by Crippen LogP contribution is 2.23. The Hall–Kier alpha value is -1.07. The molecule has 1 aliphatic heterocycles. The minimum absolute atomic E-state index is 0.146. The smallest absolute Gasteiger partial charge is 0.220 e. The zero-order chi connectivity index (χ0) is 42.3. The van der Waals surface area contributed by atoms with Crippen molar-refractivity contribution in [3.63, 3.8) is 0 Å². The molecule has 344 valence electrons. The van der Waals surface area contributed by atoms with Crippen LogP contribution in [0.25, 0.3) is 0 Å². The van der Waals surface area contributed by atoms with Crippen molar-refractivity contribution in [3.8, 4) is 0 Å². The van der Waals surface area contributed by atoms with Gasteiger partial charge in [0, 0.05) is 6.42 Å². The van der Waals surface area contributed by atoms with Gasteiger partial charge in [0.1, 0.15) is 24.4 Å². The Bertz CT molecular complexity index is 919. The number of carbonyl (C=O) groups excluding carboxylic acids is 1. The van der Waals surface area contributed by atoms with E-state index < -0.39 is 49.5 Å². The van der Waals surface area contributed by atoms with Crippen molar-refractivity contribution in [1.82, 2.24) is 5.32 Å². The molecule has 0 aliphatic carbocycles. The van der Waals surface area contributed by atoms with Crippen LogP contribution in [0.1, 0.15) is 239 Å². The van der Waals surface area contributed by atoms with E-state index in [-0.39, 0.29) is 12.5 Å². The number of amides is 1. The molecular weight excluding hydrogens is 731 g/mol. The predicted molar refractivity (Wildman–Crippen MR) is 240 cm³/mol. The second-order valence-corrected chi connectivity index (χ2v) is 17.6. The molecule has 0 aromatic carbocycles. The van der Waals surface area contributed by atoms with Gasteiger partial charge in [-0.25, -0.2) is 0 Å². The number of aliphatic hydroxyl groups excluding tert-OH is 5. The van der Waals surface area contributed by atoms with Gasteiger partial charge in [0.25, 0.3) is 0 Å². The fourth-order valence-electron chi connectivity index (χ4n) is 8.10. The molecule has 1 aliphatic rings. The highest BCUT2D eigenvalue weighted by atomic mass is 16.7. The van der Waals surface area contributed by atoms with Gasteiger partial charge in [-0.15, -0.1) is 0 Å². The molecule has 7 atom stereocenters. The summed E-state index contributed by atoms with van der Waals surface area (Å²) in [6.07, 6.45) is 39.5. The first kappa shape index (κ1) is 54.9. The Morgan fingerprint density at radius 2 is 0.966 bits per heavy atom. The van der Waals surface area contributed by atoms with E-state index >= 15 is 0 Å². The molecule has 0 radical (unpaired) electrons. The molecule has 1 amide bonds. The summed E-state index contributed by atoms with van der Waals surface area (Å²) in [5.41, 5.74) is 0. The molecule has 9 heteroatoms. The number of aliphatic hydroxyl groups is 5. The molecule has 0 aromatic rings. The Balaban J connectivity index is 2.22. The van der Waals surface area contributed by atoms with Gasteiger partial charge in [0.15, 0.2) is 6.29 Å². The minimum Gasteiger partial charge on any atom is -0.394 e. The van der Waals surface area contributed by atoms with Gasteiger partial charge < -0.3 is 40.3 Å². The third-order valence-electron chi connectivity index (χ3n) is 12.1. The fraction of sp³-hybridized carbons (Fsp3) is 0.939. The van der Waals surface area contributed by atoms with Gasteiger partial charge in [-0.2, -0.15) is 0 Å². The van der Waals surface area contributed by atoms with Crippen LogP contribution in [0.15, 0.2) is 12.2 Å². The molecule has 58 heavy (non-hydrogen) atoms. The maximum Gasteiger partial charge on any atom is 0.220 e. The van der Waals surface area contributed by atoms with Crippen molar-refractivity contribution in [3.05, 3.63) is 12.2 Å². The van der Waals surface area contributed by atoms with Crippen LogP contribution in [-0.2, 0) is 14.3 Å². The summed E-state index contributed by atoms with van der Waals surface area (Å²) >= 11 is 0. The summed E-state index contributed by atoms with van der Waals surface area (Å²) in [7, 11) is 0. The maximum absolute atomic E-state index is 13.0. The summed E-state index contributed by atoms with van der Waals surface area (Å²) in [6.45, 7) is 3.82. The molecule has 6 N–H and O–H groups in total. The van der Waals surface area contributed by atoms with Gasteiger partial charge in [0.05, 0.1) is 25.4 Å². The Morgan fingerprint density at radius 3 is 1.40 bits per heavy atom. The average Bonchev–Trinajstić information content (AvgIpc) is 3.22. The van der Waals surface area contributed by atoms with Crippen LogP contribution >= 0.6 is 0 Å². The first-order valence-electron chi connectivity index (χ1n) is 24.9. The quantitative estimate of drug-likeness (QED) is 0.0263. The molecule has 1 heterocycles. The van der Waals surface area contributed by atoms with Crippen LogP contribution in [0.2, 0.25) is 0 Å². The predicted octanol–water partition coefficient (Wildman–Crippen LogP) is 10.9. The number of ether oxygens (including phenoxy) is 2. The topological polar surface area (TPSA) is 149 Å². The monoisotopic (exact) mass is 826 g/mol. The average molecular weight is 826 g/mol. The molecule has 0 bridgehead atoms. The number of nitrogens with one attached hydrogen (secondary N) is 1. The van der Waals surface area contributed by atoms with Crippen molar-refractivity contribution >= 4 is 5.91 Å². The van der Waals surface area contributed by atoms with Crippen LogP contribution in [0, 0.1) is 0 Å². The number of hydrogen-bond donors (Lipinski definition) is 6. The van der Waals surface area contributed by atoms with Crippen LogP contribution in [0.3, 0.4) is 0 Å². The normalized spacial score (nSPS) is 20.8. The lowest BCUT2D eigenvalue weighted by molar-refractivity contribution is -0.302. The minimum atomic E-state index is -1.55. The number of hydrogen-bond acceptors (Lipinski definition) is 8. The molecule has 1 saturated heterocycles. The molecule has 9 nitrogen and oxygen atoms in total. The lowest BCUT2D eigenvalue weighted by Gasteiger charge is -2.40. The van der Waals surface area contributed by atoms with Crippen LogP contribution in [0.4, 0.5) is 0 Å². The lowest BCUT2D eigenvalue weighted by atomic mass is 9.99. The fourth-order valence-corrected chi connectivity index (χ4v) is 8.10. The first-order valence-corrected chi connectivity index (χ1v) is 24.9. The lowest BCUT2D eigenvalue weighted by Crippen LogP contribution is -2.60. The second-order valence-electron chi connectivity index (χ2n) is 17.6. The van der Waals surface area contributed by atoms with E-state index in [4.69, 9.17) is 9.47 Å². The third-order valence-corrected chi connectivity index (χ3v) is 12.1. The van der Waals surface area contributed by atoms with Crippen molar-refractivity contribution in [1.29, 1.82) is 0 Å². The van der Waals surface area contributed by atoms with Crippen LogP contribution < -0.4 is 5.32 Å². The Labute approximate surface area is 356 Å². The molecular formula is C49H95NO8. The SMILES string of the molecule is CCCCCCCC/C=C/CCCC[C@@H](O)[C@H](CO[C@H]1O[C@@H](CO)[C@H](O)C(O)C1O)NC(=O)CCCCCCCCCCCCCCCCCCCCCCCCC. The largest absolute Gasteiger partial charge is 0.394 e. The summed E-state index contributed by atoms with van der Waals surface area (Å²) in [6, 6.07) is -0.729. The van der Waals surface area contributed by atoms with Crippen LogP contribution in [-0.4, -0.2) is 87.5 Å².